The summed E-state index contributed by atoms with van der Waals surface area (Å²) in [5.41, 5.74) is 0. The lowest BCUT2D eigenvalue weighted by atomic mass is 9.77. The van der Waals surface area contributed by atoms with Crippen molar-refractivity contribution in [3.8, 4) is 12.8 Å². The van der Waals surface area contributed by atoms with Crippen molar-refractivity contribution in [3.05, 3.63) is 0 Å². The Morgan fingerprint density at radius 3 is 0.800 bits per heavy atom. The van der Waals surface area contributed by atoms with Gasteiger partial charge < -0.3 is 0 Å². The fourth-order valence-electron chi connectivity index (χ4n) is 1.78. The van der Waals surface area contributed by atoms with Crippen molar-refractivity contribution in [2.45, 2.75) is 168 Å². The minimum absolute atomic E-state index is 0. The molecule has 0 N–H and O–H groups in total. The van der Waals surface area contributed by atoms with E-state index in [9.17, 15) is 0 Å². The fraction of sp³-hybridized carbons (Fsp3) is 0.933. The van der Waals surface area contributed by atoms with Gasteiger partial charge in [0.25, 0.3) is 0 Å². The molecule has 0 fully saturated rings. The van der Waals surface area contributed by atoms with E-state index >= 15 is 0 Å². The van der Waals surface area contributed by atoms with Gasteiger partial charge in [0.15, 0.2) is 0 Å². The predicted molar refractivity (Wildman–Crippen MR) is 171 cm³/mol. The zero-order valence-electron chi connectivity index (χ0n) is 28.5. The summed E-state index contributed by atoms with van der Waals surface area (Å²) in [5, 5.41) is 0. The van der Waals surface area contributed by atoms with Crippen LogP contribution >= 0.6 is 0 Å². The first-order valence-electron chi connectivity index (χ1n) is 14.7. The molecule has 0 aliphatic heterocycles. The minimum atomic E-state index is -0.250. The van der Waals surface area contributed by atoms with Crippen LogP contribution in [0, 0.1) is 36.5 Å². The second-order valence-electron chi connectivity index (χ2n) is 4.49. The standard InChI is InChI=1S/C12H26.5C2H6.C2H2.6CH4.3H2/c1-7-9(3)11(5)12(6)10(4)8-2;6*1-2;;;;;;;;;/h9-12H,7-8H2,1-6H3;5*1-2H3;1-2H;6*1H4;3*1H/i;;;;;;1T;1T2;;;;;;2*1+2T;1+2. The van der Waals surface area contributed by atoms with Gasteiger partial charge in [-0.15, -0.1) is 12.8 Å². The Bertz CT molecular complexity index is 189. The Hall–Kier alpha value is -0.440. The van der Waals surface area contributed by atoms with Crippen LogP contribution in [0.3, 0.4) is 0 Å². The van der Waals surface area contributed by atoms with E-state index in [-0.39, 0.29) is 45.9 Å². The van der Waals surface area contributed by atoms with Gasteiger partial charge in [0.05, 0.1) is 0 Å². The summed E-state index contributed by atoms with van der Waals surface area (Å²) in [7, 11) is -0.250. The third-order valence-corrected chi connectivity index (χ3v) is 3.91. The molecule has 0 aromatic rings. The molecule has 4 unspecified atom stereocenters. The Labute approximate surface area is 216 Å². The second kappa shape index (κ2) is 118. The normalized spacial score (nSPS) is 11.1. The molecule has 0 aliphatic rings. The monoisotopic (exact) mass is 465 g/mol. The van der Waals surface area contributed by atoms with E-state index < -0.39 is 0 Å². The quantitative estimate of drug-likeness (QED) is 0.355. The number of rotatable bonds is 5. The van der Waals surface area contributed by atoms with E-state index in [4.69, 9.17) is 10.1 Å². The molecule has 0 aromatic heterocycles. The molecule has 4 atom stereocenters. The average Bonchev–Trinajstić information content (AvgIpc) is 2.91. The molecule has 208 valence electrons. The van der Waals surface area contributed by atoms with Crippen molar-refractivity contribution >= 4 is 0 Å². The van der Waals surface area contributed by atoms with Crippen LogP contribution in [-0.4, -0.2) is 0 Å². The maximum absolute atomic E-state index is 5.88. The smallest absolute Gasteiger partial charge is 0.124 e. The zero-order valence-corrected chi connectivity index (χ0v) is 21.5. The highest BCUT2D eigenvalue weighted by atomic mass is 14.3. The maximum atomic E-state index is 5.88. The highest BCUT2D eigenvalue weighted by molar-refractivity contribution is 4.70. The van der Waals surface area contributed by atoms with Crippen LogP contribution in [0.4, 0.5) is 0 Å². The Balaban J connectivity index is -0.0000000115. The largest absolute Gasteiger partial charge is 0.124 e. The molecule has 0 heteroatoms. The van der Waals surface area contributed by atoms with Crippen LogP contribution in [0.5, 0.6) is 0 Å². The van der Waals surface area contributed by atoms with Gasteiger partial charge in [0.1, 0.15) is 1.37 Å². The highest BCUT2D eigenvalue weighted by Crippen LogP contribution is 2.29. The van der Waals surface area contributed by atoms with Gasteiger partial charge in [-0.2, -0.15) is 0 Å². The van der Waals surface area contributed by atoms with E-state index in [1.54, 1.807) is 0 Å². The first kappa shape index (κ1) is 51.9. The van der Waals surface area contributed by atoms with E-state index in [0.29, 0.717) is 0 Å². The van der Waals surface area contributed by atoms with Crippen molar-refractivity contribution in [3.63, 3.8) is 0 Å². The SMILES string of the molecule is C.C.C.C.C.CC.CC.CC.CC.CC.CCC(C)C(C)C(C)C(C)CC.[3HH].[3H]C#C.[3H]C[3H].[3H][3H].[3H][3H]. The lowest BCUT2D eigenvalue weighted by molar-refractivity contribution is 0.205. The molecular weight excluding hydrogens is 360 g/mol. The summed E-state index contributed by atoms with van der Waals surface area (Å²) in [4.78, 5) is 0. The van der Waals surface area contributed by atoms with Crippen LogP contribution in [0.1, 0.15) is 180 Å². The van der Waals surface area contributed by atoms with Crippen LogP contribution in [0.15, 0.2) is 0 Å². The van der Waals surface area contributed by atoms with E-state index in [1.165, 1.54) is 19.2 Å². The molecule has 0 spiro atoms. The molecule has 0 heterocycles. The third-order valence-electron chi connectivity index (χ3n) is 3.91. The van der Waals surface area contributed by atoms with Gasteiger partial charge in [-0.05, 0) is 23.7 Å². The van der Waals surface area contributed by atoms with Crippen molar-refractivity contribution in [2.24, 2.45) is 23.7 Å². The molecule has 30 heavy (non-hydrogen) atoms. The minimum Gasteiger partial charge on any atom is -0.124 e. The topological polar surface area (TPSA) is 0 Å². The highest BCUT2D eigenvalue weighted by Gasteiger charge is 2.21. The summed E-state index contributed by atoms with van der Waals surface area (Å²) < 4.78 is 37.5. The number of hydrogen-bond donors (Lipinski definition) is 0. The van der Waals surface area contributed by atoms with Gasteiger partial charge in [-0.1, -0.05) is 168 Å². The Morgan fingerprint density at radius 1 is 0.633 bits per heavy atom. The number of hydrogen-bond acceptors (Lipinski definition) is 0. The van der Waals surface area contributed by atoms with Gasteiger partial charge in [-0.25, -0.2) is 0 Å². The van der Waals surface area contributed by atoms with Gasteiger partial charge in [0, 0.05) is 10.1 Å². The zero-order chi connectivity index (χ0) is 29.1. The number of terminal acetylenes is 1. The first-order valence-corrected chi connectivity index (χ1v) is 10.8. The lowest BCUT2D eigenvalue weighted by Crippen LogP contribution is -2.21. The van der Waals surface area contributed by atoms with Crippen molar-refractivity contribution < 1.29 is 11.5 Å². The van der Waals surface area contributed by atoms with Gasteiger partial charge in [0.2, 0.25) is 0 Å². The van der Waals surface area contributed by atoms with Crippen LogP contribution in [0.2, 0.25) is 0 Å². The van der Waals surface area contributed by atoms with E-state index in [1.807, 2.05) is 69.2 Å². The molecule has 0 amide bonds. The van der Waals surface area contributed by atoms with Crippen molar-refractivity contribution in [1.29, 1.82) is 0 Å². The predicted octanol–water partition coefficient (Wildman–Crippen LogP) is 14.3. The van der Waals surface area contributed by atoms with Crippen molar-refractivity contribution in [1.82, 2.24) is 0 Å². The van der Waals surface area contributed by atoms with Crippen molar-refractivity contribution in [2.75, 3.05) is 0 Å². The molecule has 0 saturated heterocycles. The molecular formula is C30H88. The molecule has 0 saturated carbocycles. The van der Waals surface area contributed by atoms with E-state index in [0.717, 1.165) is 23.7 Å². The summed E-state index contributed by atoms with van der Waals surface area (Å²) in [6.07, 6.45) is 8.41. The van der Waals surface area contributed by atoms with Crippen LogP contribution in [-0.2, 0) is 0 Å². The summed E-state index contributed by atoms with van der Waals surface area (Å²) >= 11 is 0. The average molecular weight is 465 g/mol. The molecule has 0 rings (SSSR count). The second-order valence-corrected chi connectivity index (χ2v) is 4.49. The molecule has 0 nitrogen and oxygen atoms in total. The van der Waals surface area contributed by atoms with Gasteiger partial charge >= 0.3 is 0 Å². The molecule has 0 radical (unpaired) electrons. The summed E-state index contributed by atoms with van der Waals surface area (Å²) in [6.45, 7) is 34.2. The van der Waals surface area contributed by atoms with E-state index in [2.05, 4.69) is 48.0 Å². The Kier molecular flexibility index (Phi) is 204. The summed E-state index contributed by atoms with van der Waals surface area (Å²) in [5.74, 6) is 3.53. The van der Waals surface area contributed by atoms with Gasteiger partial charge in [-0.3, -0.25) is 0 Å². The van der Waals surface area contributed by atoms with Crippen LogP contribution in [0.25, 0.3) is 0 Å². The lowest BCUT2D eigenvalue weighted by Gasteiger charge is -2.29. The fourth-order valence-corrected chi connectivity index (χ4v) is 1.78. The Morgan fingerprint density at radius 2 is 0.733 bits per heavy atom. The molecule has 0 aromatic carbocycles. The third kappa shape index (κ3) is 80.3. The first-order chi connectivity index (χ1) is 15.4. The molecule has 0 bridgehead atoms. The van der Waals surface area contributed by atoms with Crippen LogP contribution < -0.4 is 0 Å². The summed E-state index contributed by atoms with van der Waals surface area (Å²) in [6, 6.07) is 0. The maximum Gasteiger partial charge on any atom is 0.124 e. The molecule has 0 aliphatic carbocycles.